The second-order valence-electron chi connectivity index (χ2n) is 0.189. The third kappa shape index (κ3) is 10.1. The number of alkyl halides is 1. The van der Waals surface area contributed by atoms with E-state index in [0.717, 1.165) is 4.43 Å². The van der Waals surface area contributed by atoms with Crippen LogP contribution < -0.4 is 0 Å². The van der Waals surface area contributed by atoms with Gasteiger partial charge in [-0.2, -0.15) is 0 Å². The monoisotopic (exact) mass is 219 g/mol. The van der Waals surface area contributed by atoms with Crippen molar-refractivity contribution >= 4 is 22.6 Å². The molecule has 0 N–H and O–H groups in total. The molecule has 0 aromatic heterocycles. The predicted octanol–water partition coefficient (Wildman–Crippen LogP) is 1.25. The smallest absolute Gasteiger partial charge is 0 e. The van der Waals surface area contributed by atoms with Gasteiger partial charge in [0.25, 0.3) is 0 Å². The first-order valence-corrected chi connectivity index (χ1v) is 2.29. The zero-order valence-corrected chi connectivity index (χ0v) is 7.62. The van der Waals surface area contributed by atoms with E-state index in [0.29, 0.717) is 0 Å². The van der Waals surface area contributed by atoms with Crippen LogP contribution in [0, 0.1) is 6.92 Å². The molecule has 0 aliphatic rings. The average Bonchev–Trinajstić information content (AvgIpc) is 0.918. The molecule has 0 aliphatic heterocycles. The molecule has 21 valence electrons. The molecule has 0 amide bonds. The summed E-state index contributed by atoms with van der Waals surface area (Å²) in [6.07, 6.45) is 0. The van der Waals surface area contributed by atoms with E-state index in [1.807, 2.05) is 0 Å². The minimum Gasteiger partial charge on any atom is -0.0864 e. The van der Waals surface area contributed by atoms with E-state index in [4.69, 9.17) is 0 Å². The Morgan fingerprint density at radius 2 is 1.75 bits per heavy atom. The molecule has 0 bridgehead atoms. The Bertz CT molecular complexity index is 6.00. The van der Waals surface area contributed by atoms with Gasteiger partial charge in [-0.25, -0.2) is 0 Å². The molecule has 0 aliphatic carbocycles. The van der Waals surface area contributed by atoms with Crippen molar-refractivity contribution in [1.82, 2.24) is 0 Å². The summed E-state index contributed by atoms with van der Waals surface area (Å²) < 4.78 is 0.970. The van der Waals surface area contributed by atoms with Gasteiger partial charge in [0.05, 0.1) is 0 Å². The van der Waals surface area contributed by atoms with Crippen molar-refractivity contribution in [3.05, 3.63) is 6.92 Å². The van der Waals surface area contributed by atoms with Crippen LogP contribution in [0.15, 0.2) is 0 Å². The van der Waals surface area contributed by atoms with Crippen LogP contribution in [0.5, 0.6) is 0 Å². The number of hydrogen-bond donors (Lipinski definition) is 0. The first-order chi connectivity index (χ1) is 1.41. The third-order valence-corrected chi connectivity index (χ3v) is 0. The van der Waals surface area contributed by atoms with Crippen LogP contribution in [0.25, 0.3) is 0 Å². The van der Waals surface area contributed by atoms with Crippen LogP contribution in [0.2, 0.25) is 0 Å². The van der Waals surface area contributed by atoms with Gasteiger partial charge in [-0.3, -0.25) is 0 Å². The van der Waals surface area contributed by atoms with E-state index in [1.54, 1.807) is 0 Å². The summed E-state index contributed by atoms with van der Waals surface area (Å²) in [5.41, 5.74) is 0. The van der Waals surface area contributed by atoms with Gasteiger partial charge in [0.15, 0.2) is 0 Å². The number of halogens is 1. The van der Waals surface area contributed by atoms with Crippen molar-refractivity contribution in [2.45, 2.75) is 0 Å². The Hall–Kier alpha value is 1.35. The second kappa shape index (κ2) is 8.84. The van der Waals surface area contributed by atoms with Crippen LogP contribution in [0.3, 0.4) is 0 Å². The molecule has 1 radical (unpaired) electrons. The molecular formula is C2H4IZn. The van der Waals surface area contributed by atoms with Crippen LogP contribution in [0.1, 0.15) is 0 Å². The Kier molecular flexibility index (Phi) is 19.9. The van der Waals surface area contributed by atoms with Gasteiger partial charge < -0.3 is 0 Å². The molecule has 0 saturated heterocycles. The summed E-state index contributed by atoms with van der Waals surface area (Å²) in [7, 11) is 0. The fourth-order valence-corrected chi connectivity index (χ4v) is 0. The van der Waals surface area contributed by atoms with Crippen molar-refractivity contribution < 1.29 is 19.5 Å². The minimum atomic E-state index is 0. The van der Waals surface area contributed by atoms with Gasteiger partial charge in [0.1, 0.15) is 0 Å². The molecule has 0 rings (SSSR count). The Morgan fingerprint density at radius 3 is 1.75 bits per heavy atom. The Morgan fingerprint density at radius 1 is 1.75 bits per heavy atom. The van der Waals surface area contributed by atoms with Crippen LogP contribution in [-0.4, -0.2) is 4.43 Å². The zero-order chi connectivity index (χ0) is 2.71. The Balaban J connectivity index is 0. The van der Waals surface area contributed by atoms with Crippen molar-refractivity contribution in [3.8, 4) is 0 Å². The van der Waals surface area contributed by atoms with E-state index in [9.17, 15) is 0 Å². The zero-order valence-electron chi connectivity index (χ0n) is 2.50. The molecule has 0 heterocycles. The molecule has 0 aromatic rings. The molecule has 0 atom stereocenters. The van der Waals surface area contributed by atoms with Crippen molar-refractivity contribution in [1.29, 1.82) is 0 Å². The van der Waals surface area contributed by atoms with Crippen LogP contribution >= 0.6 is 22.6 Å². The average molecular weight is 220 g/mol. The van der Waals surface area contributed by atoms with E-state index < -0.39 is 0 Å². The standard InChI is InChI=1S/C2H4I.Zn/c1-2-3;/h1-2H2;. The van der Waals surface area contributed by atoms with Crippen molar-refractivity contribution in [3.63, 3.8) is 0 Å². The maximum Gasteiger partial charge on any atom is 0 e. The molecule has 4 heavy (non-hydrogen) atoms. The quantitative estimate of drug-likeness (QED) is 0.327. The topological polar surface area (TPSA) is 0 Å². The summed E-state index contributed by atoms with van der Waals surface area (Å²) in [6, 6.07) is 0. The summed E-state index contributed by atoms with van der Waals surface area (Å²) in [5, 5.41) is 0. The maximum atomic E-state index is 3.47. The fraction of sp³-hybridized carbons (Fsp3) is 0.500. The van der Waals surface area contributed by atoms with Crippen LogP contribution in [-0.2, 0) is 19.5 Å². The first-order valence-electron chi connectivity index (χ1n) is 0.767. The van der Waals surface area contributed by atoms with Gasteiger partial charge in [-0.05, 0) is 11.4 Å². The largest absolute Gasteiger partial charge is 0.0864 e. The van der Waals surface area contributed by atoms with Crippen molar-refractivity contribution in [2.24, 2.45) is 0 Å². The predicted molar refractivity (Wildman–Crippen MR) is 24.2 cm³/mol. The molecule has 2 heteroatoms. The van der Waals surface area contributed by atoms with Gasteiger partial charge in [0.2, 0.25) is 0 Å². The second-order valence-corrected chi connectivity index (χ2v) is 1.27. The molecular weight excluding hydrogens is 216 g/mol. The Labute approximate surface area is 53.2 Å². The van der Waals surface area contributed by atoms with Gasteiger partial charge in [-0.15, -0.1) is 0 Å². The van der Waals surface area contributed by atoms with E-state index in [-0.39, 0.29) is 19.5 Å². The molecule has 0 saturated carbocycles. The van der Waals surface area contributed by atoms with Gasteiger partial charge >= 0.3 is 0 Å². The van der Waals surface area contributed by atoms with E-state index in [1.165, 1.54) is 0 Å². The molecule has 0 aromatic carbocycles. The number of rotatable bonds is 0. The fourth-order valence-electron chi connectivity index (χ4n) is 0. The first kappa shape index (κ1) is 9.02. The van der Waals surface area contributed by atoms with Gasteiger partial charge in [0, 0.05) is 19.5 Å². The normalized spacial score (nSPS) is 4.50. The number of hydrogen-bond acceptors (Lipinski definition) is 0. The molecule has 0 spiro atoms. The molecule has 0 nitrogen and oxygen atoms in total. The van der Waals surface area contributed by atoms with E-state index in [2.05, 4.69) is 29.5 Å². The third-order valence-electron chi connectivity index (χ3n) is 0. The SMILES string of the molecule is [CH2]CI.[Zn]. The van der Waals surface area contributed by atoms with Crippen LogP contribution in [0.4, 0.5) is 0 Å². The summed E-state index contributed by atoms with van der Waals surface area (Å²) >= 11 is 2.18. The molecule has 0 unspecified atom stereocenters. The minimum absolute atomic E-state index is 0. The van der Waals surface area contributed by atoms with E-state index >= 15 is 0 Å². The summed E-state index contributed by atoms with van der Waals surface area (Å²) in [5.74, 6) is 0. The maximum absolute atomic E-state index is 3.47. The van der Waals surface area contributed by atoms with Crippen molar-refractivity contribution in [2.75, 3.05) is 4.43 Å². The summed E-state index contributed by atoms with van der Waals surface area (Å²) in [4.78, 5) is 0. The molecule has 0 fully saturated rings. The summed E-state index contributed by atoms with van der Waals surface area (Å²) in [6.45, 7) is 3.47. The van der Waals surface area contributed by atoms with Gasteiger partial charge in [-0.1, -0.05) is 22.6 Å².